The van der Waals surface area contributed by atoms with Gasteiger partial charge in [-0.25, -0.2) is 9.69 Å². The maximum Gasteiger partial charge on any atom is 0.416 e. The highest BCUT2D eigenvalue weighted by Gasteiger charge is 2.26. The first-order chi connectivity index (χ1) is 8.70. The molecule has 1 saturated heterocycles. The van der Waals surface area contributed by atoms with Gasteiger partial charge in [0.1, 0.15) is 12.4 Å². The van der Waals surface area contributed by atoms with Crippen LogP contribution in [0.25, 0.3) is 6.08 Å². The van der Waals surface area contributed by atoms with Crippen LogP contribution in [0, 0.1) is 0 Å². The second kappa shape index (κ2) is 5.35. The van der Waals surface area contributed by atoms with Crippen molar-refractivity contribution in [1.29, 1.82) is 0 Å². The van der Waals surface area contributed by atoms with Gasteiger partial charge in [0.25, 0.3) is 5.91 Å². The zero-order chi connectivity index (χ0) is 13.0. The molecule has 5 heteroatoms. The molecule has 1 heterocycles. The number of rotatable bonds is 3. The van der Waals surface area contributed by atoms with Crippen molar-refractivity contribution in [2.45, 2.75) is 0 Å². The zero-order valence-corrected chi connectivity index (χ0v) is 9.96. The van der Waals surface area contributed by atoms with Crippen molar-refractivity contribution < 1.29 is 19.1 Å². The molecule has 0 saturated carbocycles. The van der Waals surface area contributed by atoms with Crippen molar-refractivity contribution in [3.05, 3.63) is 35.9 Å². The molecule has 1 aromatic rings. The number of benzene rings is 1. The van der Waals surface area contributed by atoms with Crippen LogP contribution in [0.15, 0.2) is 30.3 Å². The molecule has 5 nitrogen and oxygen atoms in total. The monoisotopic (exact) mass is 247 g/mol. The van der Waals surface area contributed by atoms with Gasteiger partial charge in [0, 0.05) is 6.08 Å². The first-order valence-corrected chi connectivity index (χ1v) is 5.51. The van der Waals surface area contributed by atoms with Crippen LogP contribution in [-0.2, 0) is 9.53 Å². The van der Waals surface area contributed by atoms with E-state index in [2.05, 4.69) is 4.74 Å². The number of imide groups is 1. The number of cyclic esters (lactones) is 1. The summed E-state index contributed by atoms with van der Waals surface area (Å²) in [6.07, 6.45) is 2.40. The molecule has 18 heavy (non-hydrogen) atoms. The minimum absolute atomic E-state index is 0.261. The Morgan fingerprint density at radius 1 is 1.50 bits per heavy atom. The lowest BCUT2D eigenvalue weighted by atomic mass is 10.2. The molecule has 1 fully saturated rings. The van der Waals surface area contributed by atoms with E-state index < -0.39 is 6.09 Å². The van der Waals surface area contributed by atoms with E-state index in [4.69, 9.17) is 4.74 Å². The molecule has 0 radical (unpaired) electrons. The topological polar surface area (TPSA) is 55.8 Å². The van der Waals surface area contributed by atoms with Crippen LogP contribution in [0.5, 0.6) is 5.75 Å². The third-order valence-electron chi connectivity index (χ3n) is 2.54. The van der Waals surface area contributed by atoms with E-state index in [0.717, 1.165) is 10.5 Å². The van der Waals surface area contributed by atoms with E-state index >= 15 is 0 Å². The van der Waals surface area contributed by atoms with Gasteiger partial charge in [0.15, 0.2) is 0 Å². The summed E-state index contributed by atoms with van der Waals surface area (Å²) in [5.41, 5.74) is 0.829. The van der Waals surface area contributed by atoms with Gasteiger partial charge >= 0.3 is 6.09 Å². The summed E-state index contributed by atoms with van der Waals surface area (Å²) in [7, 11) is 1.58. The summed E-state index contributed by atoms with van der Waals surface area (Å²) in [5, 5.41) is 0. The molecule has 2 amide bonds. The summed E-state index contributed by atoms with van der Waals surface area (Å²) in [5.74, 6) is 0.338. The van der Waals surface area contributed by atoms with Crippen LogP contribution in [0.2, 0.25) is 0 Å². The molecular weight excluding hydrogens is 234 g/mol. The Morgan fingerprint density at radius 2 is 2.33 bits per heavy atom. The van der Waals surface area contributed by atoms with Gasteiger partial charge in [-0.3, -0.25) is 4.79 Å². The average molecular weight is 247 g/mol. The van der Waals surface area contributed by atoms with Gasteiger partial charge in [-0.15, -0.1) is 0 Å². The van der Waals surface area contributed by atoms with Crippen LogP contribution in [-0.4, -0.2) is 37.2 Å². The van der Waals surface area contributed by atoms with Crippen molar-refractivity contribution in [1.82, 2.24) is 4.90 Å². The lowest BCUT2D eigenvalue weighted by Gasteiger charge is -2.06. The van der Waals surface area contributed by atoms with Gasteiger partial charge in [0.05, 0.1) is 13.7 Å². The molecule has 1 aromatic carbocycles. The lowest BCUT2D eigenvalue weighted by molar-refractivity contribution is -0.122. The number of carbonyl (C=O) groups excluding carboxylic acids is 2. The van der Waals surface area contributed by atoms with E-state index in [0.29, 0.717) is 12.3 Å². The predicted octanol–water partition coefficient (Wildman–Crippen LogP) is 1.69. The molecule has 0 unspecified atom stereocenters. The van der Waals surface area contributed by atoms with Crippen molar-refractivity contribution in [2.75, 3.05) is 20.3 Å². The molecule has 94 valence electrons. The highest BCUT2D eigenvalue weighted by Crippen LogP contribution is 2.14. The molecule has 0 bridgehead atoms. The highest BCUT2D eigenvalue weighted by atomic mass is 16.6. The number of methoxy groups -OCH3 is 1. The van der Waals surface area contributed by atoms with Gasteiger partial charge in [-0.2, -0.15) is 0 Å². The number of nitrogens with zero attached hydrogens (tertiary/aromatic N) is 1. The standard InChI is InChI=1S/C13H13NO4/c1-17-11-4-2-3-10(9-11)5-6-12(15)14-7-8-18-13(14)16/h2-6,9H,7-8H2,1H3. The Hall–Kier alpha value is -2.30. The second-order valence-corrected chi connectivity index (χ2v) is 3.71. The van der Waals surface area contributed by atoms with Gasteiger partial charge in [-0.1, -0.05) is 12.1 Å². The van der Waals surface area contributed by atoms with E-state index in [1.165, 1.54) is 6.08 Å². The summed E-state index contributed by atoms with van der Waals surface area (Å²) in [6.45, 7) is 0.567. The molecule has 0 atom stereocenters. The number of hydrogen-bond acceptors (Lipinski definition) is 4. The number of carbonyl (C=O) groups is 2. The maximum absolute atomic E-state index is 11.7. The molecule has 1 aliphatic heterocycles. The Kier molecular flexibility index (Phi) is 3.62. The first kappa shape index (κ1) is 12.2. The molecule has 0 aliphatic carbocycles. The molecular formula is C13H13NO4. The van der Waals surface area contributed by atoms with E-state index in [9.17, 15) is 9.59 Å². The molecule has 0 N–H and O–H groups in total. The summed E-state index contributed by atoms with van der Waals surface area (Å²) >= 11 is 0. The Morgan fingerprint density at radius 3 is 3.00 bits per heavy atom. The largest absolute Gasteiger partial charge is 0.497 e. The summed E-state index contributed by atoms with van der Waals surface area (Å²) in [6, 6.07) is 7.28. The zero-order valence-electron chi connectivity index (χ0n) is 9.96. The van der Waals surface area contributed by atoms with E-state index in [1.54, 1.807) is 19.3 Å². The normalized spacial score (nSPS) is 14.9. The molecule has 0 spiro atoms. The van der Waals surface area contributed by atoms with Crippen molar-refractivity contribution in [3.63, 3.8) is 0 Å². The Balaban J connectivity index is 2.05. The van der Waals surface area contributed by atoms with Crippen molar-refractivity contribution in [3.8, 4) is 5.75 Å². The fourth-order valence-corrected chi connectivity index (χ4v) is 1.60. The van der Waals surface area contributed by atoms with Crippen molar-refractivity contribution in [2.24, 2.45) is 0 Å². The van der Waals surface area contributed by atoms with Crippen LogP contribution < -0.4 is 4.74 Å². The fraction of sp³-hybridized carbons (Fsp3) is 0.231. The van der Waals surface area contributed by atoms with Gasteiger partial charge in [0.2, 0.25) is 0 Å². The lowest BCUT2D eigenvalue weighted by Crippen LogP contribution is -2.29. The minimum atomic E-state index is -0.588. The average Bonchev–Trinajstić information content (AvgIpc) is 2.82. The maximum atomic E-state index is 11.7. The first-order valence-electron chi connectivity index (χ1n) is 5.51. The number of hydrogen-bond donors (Lipinski definition) is 0. The molecule has 0 aromatic heterocycles. The third kappa shape index (κ3) is 2.68. The number of ether oxygens (including phenoxy) is 2. The molecule has 1 aliphatic rings. The predicted molar refractivity (Wildman–Crippen MR) is 65.1 cm³/mol. The van der Waals surface area contributed by atoms with Crippen LogP contribution in [0.4, 0.5) is 4.79 Å². The Bertz CT molecular complexity index is 496. The van der Waals surface area contributed by atoms with Crippen LogP contribution in [0.3, 0.4) is 0 Å². The van der Waals surface area contributed by atoms with Crippen LogP contribution in [0.1, 0.15) is 5.56 Å². The summed E-state index contributed by atoms with van der Waals surface area (Å²) < 4.78 is 9.76. The van der Waals surface area contributed by atoms with Gasteiger partial charge in [-0.05, 0) is 23.8 Å². The third-order valence-corrected chi connectivity index (χ3v) is 2.54. The molecule has 2 rings (SSSR count). The highest BCUT2D eigenvalue weighted by molar-refractivity contribution is 6.01. The van der Waals surface area contributed by atoms with E-state index in [-0.39, 0.29) is 12.5 Å². The Labute approximate surface area is 105 Å². The van der Waals surface area contributed by atoms with Gasteiger partial charge < -0.3 is 9.47 Å². The van der Waals surface area contributed by atoms with E-state index in [1.807, 2.05) is 18.2 Å². The van der Waals surface area contributed by atoms with Crippen molar-refractivity contribution >= 4 is 18.1 Å². The number of amides is 2. The minimum Gasteiger partial charge on any atom is -0.497 e. The SMILES string of the molecule is COc1cccc(C=CC(=O)N2CCOC2=O)c1. The second-order valence-electron chi connectivity index (χ2n) is 3.71. The fourth-order valence-electron chi connectivity index (χ4n) is 1.60. The summed E-state index contributed by atoms with van der Waals surface area (Å²) in [4.78, 5) is 23.9. The van der Waals surface area contributed by atoms with Crippen LogP contribution >= 0.6 is 0 Å². The smallest absolute Gasteiger partial charge is 0.416 e. The quantitative estimate of drug-likeness (QED) is 0.763.